The Morgan fingerprint density at radius 1 is 0.857 bits per heavy atom. The fraction of sp³-hybridized carbons (Fsp3) is 0.136. The molecule has 0 bridgehead atoms. The van der Waals surface area contributed by atoms with E-state index >= 15 is 0 Å². The van der Waals surface area contributed by atoms with Gasteiger partial charge in [0.2, 0.25) is 0 Å². The summed E-state index contributed by atoms with van der Waals surface area (Å²) in [5.74, 6) is 0.00519. The van der Waals surface area contributed by atoms with Gasteiger partial charge in [0.1, 0.15) is 12.7 Å². The second kappa shape index (κ2) is 6.81. The van der Waals surface area contributed by atoms with E-state index in [0.29, 0.717) is 12.1 Å². The average Bonchev–Trinajstić information content (AvgIpc) is 3.45. The van der Waals surface area contributed by atoms with E-state index in [1.54, 1.807) is 17.2 Å². The van der Waals surface area contributed by atoms with Crippen molar-refractivity contribution in [2.45, 2.75) is 12.6 Å². The highest BCUT2D eigenvalue weighted by Crippen LogP contribution is 2.34. The number of nitrogens with zero attached hydrogens (tertiary/aromatic N) is 5. The molecule has 2 aromatic heterocycles. The Labute approximate surface area is 162 Å². The minimum atomic E-state index is -0.119. The minimum absolute atomic E-state index is 0.00519. The smallest absolute Gasteiger partial charge is 0.256 e. The first-order valence-corrected chi connectivity index (χ1v) is 9.28. The molecule has 4 aromatic rings. The monoisotopic (exact) mass is 369 g/mol. The normalized spacial score (nSPS) is 16.0. The van der Waals surface area contributed by atoms with E-state index in [2.05, 4.69) is 39.2 Å². The summed E-state index contributed by atoms with van der Waals surface area (Å²) in [7, 11) is 0. The Balaban J connectivity index is 1.60. The molecule has 3 heterocycles. The van der Waals surface area contributed by atoms with Gasteiger partial charge >= 0.3 is 0 Å². The number of amides is 1. The van der Waals surface area contributed by atoms with Crippen molar-refractivity contribution in [2.24, 2.45) is 0 Å². The molecule has 1 amide bonds. The Bertz CT molecular complexity index is 1100. The van der Waals surface area contributed by atoms with Gasteiger partial charge in [0.05, 0.1) is 17.3 Å². The Hall–Kier alpha value is -3.67. The van der Waals surface area contributed by atoms with E-state index in [0.717, 1.165) is 23.5 Å². The van der Waals surface area contributed by atoms with Gasteiger partial charge in [-0.1, -0.05) is 42.5 Å². The summed E-state index contributed by atoms with van der Waals surface area (Å²) in [5.41, 5.74) is 3.67. The zero-order chi connectivity index (χ0) is 18.9. The van der Waals surface area contributed by atoms with Crippen molar-refractivity contribution in [2.75, 3.05) is 6.54 Å². The average molecular weight is 369 g/mol. The molecule has 0 fully saturated rings. The molecule has 0 saturated carbocycles. The van der Waals surface area contributed by atoms with Gasteiger partial charge in [0.15, 0.2) is 0 Å². The SMILES string of the molecule is O=C(c1ccccc1-n1cnnc1)N1CCn2cccc2[C@@H]1c1ccccc1. The van der Waals surface area contributed by atoms with Crippen LogP contribution in [0.1, 0.15) is 27.7 Å². The highest BCUT2D eigenvalue weighted by Gasteiger charge is 2.33. The van der Waals surface area contributed by atoms with E-state index in [-0.39, 0.29) is 11.9 Å². The lowest BCUT2D eigenvalue weighted by molar-refractivity contribution is 0.0664. The van der Waals surface area contributed by atoms with Gasteiger partial charge in [-0.05, 0) is 29.8 Å². The molecule has 2 aromatic carbocycles. The number of para-hydroxylation sites is 1. The third-order valence-corrected chi connectivity index (χ3v) is 5.25. The van der Waals surface area contributed by atoms with Crippen molar-refractivity contribution >= 4 is 5.91 Å². The Morgan fingerprint density at radius 3 is 2.43 bits per heavy atom. The first kappa shape index (κ1) is 16.5. The van der Waals surface area contributed by atoms with Crippen molar-refractivity contribution in [1.29, 1.82) is 0 Å². The summed E-state index contributed by atoms with van der Waals surface area (Å²) in [6.07, 6.45) is 5.31. The molecule has 0 spiro atoms. The van der Waals surface area contributed by atoms with Crippen molar-refractivity contribution in [1.82, 2.24) is 24.2 Å². The van der Waals surface area contributed by atoms with Gasteiger partial charge in [-0.3, -0.25) is 9.36 Å². The molecule has 1 atom stereocenters. The lowest BCUT2D eigenvalue weighted by atomic mass is 9.98. The quantitative estimate of drug-likeness (QED) is 0.557. The number of carbonyl (C=O) groups excluding carboxylic acids is 1. The Morgan fingerprint density at radius 2 is 1.61 bits per heavy atom. The van der Waals surface area contributed by atoms with Crippen molar-refractivity contribution in [3.05, 3.63) is 102 Å². The van der Waals surface area contributed by atoms with Crippen LogP contribution in [0.3, 0.4) is 0 Å². The van der Waals surface area contributed by atoms with Gasteiger partial charge in [-0.15, -0.1) is 10.2 Å². The van der Waals surface area contributed by atoms with Crippen LogP contribution in [0.4, 0.5) is 0 Å². The minimum Gasteiger partial charge on any atom is -0.348 e. The van der Waals surface area contributed by atoms with Crippen molar-refractivity contribution in [3.8, 4) is 5.69 Å². The fourth-order valence-corrected chi connectivity index (χ4v) is 3.95. The van der Waals surface area contributed by atoms with E-state index < -0.39 is 0 Å². The molecule has 0 unspecified atom stereocenters. The van der Waals surface area contributed by atoms with Crippen LogP contribution in [-0.4, -0.2) is 36.7 Å². The van der Waals surface area contributed by atoms with Crippen LogP contribution < -0.4 is 0 Å². The predicted octanol–water partition coefficient (Wildman–Crippen LogP) is 3.31. The largest absolute Gasteiger partial charge is 0.348 e. The van der Waals surface area contributed by atoms with Crippen molar-refractivity contribution < 1.29 is 4.79 Å². The van der Waals surface area contributed by atoms with Gasteiger partial charge in [-0.2, -0.15) is 0 Å². The number of carbonyl (C=O) groups is 1. The van der Waals surface area contributed by atoms with Crippen LogP contribution >= 0.6 is 0 Å². The van der Waals surface area contributed by atoms with Crippen LogP contribution in [0.5, 0.6) is 0 Å². The first-order valence-electron chi connectivity index (χ1n) is 9.28. The maximum atomic E-state index is 13.7. The van der Waals surface area contributed by atoms with Crippen LogP contribution in [0.25, 0.3) is 5.69 Å². The second-order valence-electron chi connectivity index (χ2n) is 6.82. The number of hydrogen-bond donors (Lipinski definition) is 0. The topological polar surface area (TPSA) is 56.0 Å². The van der Waals surface area contributed by atoms with Crippen molar-refractivity contribution in [3.63, 3.8) is 0 Å². The molecular formula is C22H19N5O. The maximum Gasteiger partial charge on any atom is 0.256 e. The summed E-state index contributed by atoms with van der Waals surface area (Å²) in [4.78, 5) is 15.7. The van der Waals surface area contributed by atoms with E-state index in [4.69, 9.17) is 0 Å². The molecule has 138 valence electrons. The van der Waals surface area contributed by atoms with Gasteiger partial charge in [0.25, 0.3) is 5.91 Å². The standard InChI is InChI=1S/C22H19N5O/c28-22(18-9-4-5-10-19(18)26-15-23-24-16-26)27-14-13-25-12-6-11-20(25)21(27)17-7-2-1-3-8-17/h1-12,15-16,21H,13-14H2/t21-/m0/s1. The third-order valence-electron chi connectivity index (χ3n) is 5.25. The highest BCUT2D eigenvalue weighted by atomic mass is 16.2. The molecule has 0 saturated heterocycles. The maximum absolute atomic E-state index is 13.7. The summed E-state index contributed by atoms with van der Waals surface area (Å²) in [6, 6.07) is 21.8. The molecule has 5 rings (SSSR count). The highest BCUT2D eigenvalue weighted by molar-refractivity contribution is 5.98. The fourth-order valence-electron chi connectivity index (χ4n) is 3.95. The predicted molar refractivity (Wildman–Crippen MR) is 105 cm³/mol. The molecule has 6 nitrogen and oxygen atoms in total. The van der Waals surface area contributed by atoms with E-state index in [1.807, 2.05) is 53.4 Å². The molecule has 0 aliphatic carbocycles. The Kier molecular flexibility index (Phi) is 4.01. The van der Waals surface area contributed by atoms with Gasteiger partial charge in [-0.25, -0.2) is 0 Å². The van der Waals surface area contributed by atoms with E-state index in [9.17, 15) is 4.79 Å². The lowest BCUT2D eigenvalue weighted by Gasteiger charge is -2.37. The number of hydrogen-bond acceptors (Lipinski definition) is 3. The second-order valence-corrected chi connectivity index (χ2v) is 6.82. The number of benzene rings is 2. The van der Waals surface area contributed by atoms with Crippen LogP contribution in [0, 0.1) is 0 Å². The number of aromatic nitrogens is 4. The summed E-state index contributed by atoms with van der Waals surface area (Å²) in [6.45, 7) is 1.43. The van der Waals surface area contributed by atoms with Crippen LogP contribution in [-0.2, 0) is 6.54 Å². The van der Waals surface area contributed by atoms with Crippen LogP contribution in [0.15, 0.2) is 85.6 Å². The zero-order valence-electron chi connectivity index (χ0n) is 15.2. The molecule has 6 heteroatoms. The van der Waals surface area contributed by atoms with E-state index in [1.165, 1.54) is 0 Å². The number of fused-ring (bicyclic) bond motifs is 1. The summed E-state index contributed by atoms with van der Waals surface area (Å²) >= 11 is 0. The molecule has 1 aliphatic rings. The van der Waals surface area contributed by atoms with Gasteiger partial charge < -0.3 is 9.47 Å². The number of rotatable bonds is 3. The molecule has 1 aliphatic heterocycles. The zero-order valence-corrected chi connectivity index (χ0v) is 15.2. The van der Waals surface area contributed by atoms with Crippen LogP contribution in [0.2, 0.25) is 0 Å². The first-order chi connectivity index (χ1) is 13.8. The molecule has 0 radical (unpaired) electrons. The molecular weight excluding hydrogens is 350 g/mol. The summed E-state index contributed by atoms with van der Waals surface area (Å²) in [5, 5.41) is 7.76. The lowest BCUT2D eigenvalue weighted by Crippen LogP contribution is -2.42. The third kappa shape index (κ3) is 2.70. The molecule has 28 heavy (non-hydrogen) atoms. The molecule has 0 N–H and O–H groups in total. The van der Waals surface area contributed by atoms with Gasteiger partial charge in [0, 0.05) is 25.0 Å². The summed E-state index contributed by atoms with van der Waals surface area (Å²) < 4.78 is 4.00.